The SMILES string of the molecule is CCC1=CSC(=CC#N)N1. The zero-order valence-electron chi connectivity index (χ0n) is 5.72. The van der Waals surface area contributed by atoms with Crippen LogP contribution in [-0.2, 0) is 0 Å². The molecule has 0 aliphatic carbocycles. The molecule has 0 aromatic carbocycles. The topological polar surface area (TPSA) is 35.8 Å². The maximum atomic E-state index is 8.28. The average molecular weight is 152 g/mol. The summed E-state index contributed by atoms with van der Waals surface area (Å²) in [6.07, 6.45) is 2.51. The molecule has 0 radical (unpaired) electrons. The highest BCUT2D eigenvalue weighted by Gasteiger charge is 2.05. The molecule has 1 aliphatic heterocycles. The Balaban J connectivity index is 2.53. The highest BCUT2D eigenvalue weighted by atomic mass is 32.2. The first-order valence-electron chi connectivity index (χ1n) is 3.09. The maximum absolute atomic E-state index is 8.28. The predicted octanol–water partition coefficient (Wildman–Crippen LogP) is 1.94. The molecule has 0 aromatic rings. The van der Waals surface area contributed by atoms with E-state index in [1.807, 2.05) is 11.5 Å². The summed E-state index contributed by atoms with van der Waals surface area (Å²) < 4.78 is 0. The summed E-state index contributed by atoms with van der Waals surface area (Å²) in [5.41, 5.74) is 1.19. The summed E-state index contributed by atoms with van der Waals surface area (Å²) in [4.78, 5) is 0. The minimum atomic E-state index is 0.930. The first kappa shape index (κ1) is 7.23. The summed E-state index contributed by atoms with van der Waals surface area (Å²) in [6.45, 7) is 2.08. The van der Waals surface area contributed by atoms with Gasteiger partial charge in [-0.3, -0.25) is 0 Å². The second kappa shape index (κ2) is 3.33. The third kappa shape index (κ3) is 1.55. The van der Waals surface area contributed by atoms with Crippen molar-refractivity contribution in [2.75, 3.05) is 0 Å². The van der Waals surface area contributed by atoms with Gasteiger partial charge in [0, 0.05) is 11.8 Å². The number of rotatable bonds is 1. The molecular formula is C7H8N2S. The molecule has 0 saturated carbocycles. The van der Waals surface area contributed by atoms with E-state index in [0.717, 1.165) is 11.4 Å². The van der Waals surface area contributed by atoms with Gasteiger partial charge in [0.1, 0.15) is 0 Å². The minimum absolute atomic E-state index is 0.930. The van der Waals surface area contributed by atoms with Gasteiger partial charge in [0.05, 0.1) is 11.1 Å². The molecule has 0 aromatic heterocycles. The lowest BCUT2D eigenvalue weighted by Crippen LogP contribution is -2.03. The van der Waals surface area contributed by atoms with Crippen molar-refractivity contribution in [2.24, 2.45) is 0 Å². The Hall–Kier alpha value is -0.880. The van der Waals surface area contributed by atoms with Crippen LogP contribution in [0.3, 0.4) is 0 Å². The summed E-state index contributed by atoms with van der Waals surface area (Å²) in [5.74, 6) is 0. The molecule has 52 valence electrons. The van der Waals surface area contributed by atoms with E-state index in [1.54, 1.807) is 11.8 Å². The van der Waals surface area contributed by atoms with Gasteiger partial charge in [0.25, 0.3) is 0 Å². The van der Waals surface area contributed by atoms with E-state index >= 15 is 0 Å². The van der Waals surface area contributed by atoms with Crippen molar-refractivity contribution < 1.29 is 0 Å². The van der Waals surface area contributed by atoms with Crippen molar-refractivity contribution in [2.45, 2.75) is 13.3 Å². The highest BCUT2D eigenvalue weighted by molar-refractivity contribution is 8.06. The number of hydrogen-bond donors (Lipinski definition) is 1. The van der Waals surface area contributed by atoms with E-state index in [0.29, 0.717) is 0 Å². The van der Waals surface area contributed by atoms with Gasteiger partial charge in [-0.15, -0.1) is 0 Å². The molecule has 0 unspecified atom stereocenters. The molecule has 2 nitrogen and oxygen atoms in total. The Morgan fingerprint density at radius 2 is 2.70 bits per heavy atom. The van der Waals surface area contributed by atoms with Gasteiger partial charge in [-0.1, -0.05) is 18.7 Å². The molecular weight excluding hydrogens is 144 g/mol. The molecule has 0 saturated heterocycles. The lowest BCUT2D eigenvalue weighted by atomic mass is 10.4. The van der Waals surface area contributed by atoms with Gasteiger partial charge in [-0.05, 0) is 11.8 Å². The summed E-state index contributed by atoms with van der Waals surface area (Å²) in [5, 5.41) is 14.3. The maximum Gasteiger partial charge on any atom is 0.0939 e. The van der Waals surface area contributed by atoms with E-state index in [-0.39, 0.29) is 0 Å². The molecule has 0 atom stereocenters. The number of nitrogens with one attached hydrogen (secondary N) is 1. The third-order valence-corrected chi connectivity index (χ3v) is 2.06. The normalized spacial score (nSPS) is 20.0. The van der Waals surface area contributed by atoms with Crippen molar-refractivity contribution in [3.05, 3.63) is 22.2 Å². The standard InChI is InChI=1S/C7H8N2S/c1-2-6-5-10-7(9-6)3-4-8/h3,5,9H,2H2,1H3. The lowest BCUT2D eigenvalue weighted by Gasteiger charge is -1.97. The molecule has 1 rings (SSSR count). The first-order chi connectivity index (χ1) is 4.86. The molecule has 0 bridgehead atoms. The number of allylic oxidation sites excluding steroid dienone is 2. The van der Waals surface area contributed by atoms with Crippen LogP contribution in [0, 0.1) is 11.3 Å². The first-order valence-corrected chi connectivity index (χ1v) is 3.97. The van der Waals surface area contributed by atoms with Gasteiger partial charge < -0.3 is 5.32 Å². The molecule has 10 heavy (non-hydrogen) atoms. The van der Waals surface area contributed by atoms with Crippen LogP contribution < -0.4 is 5.32 Å². The number of nitrogens with zero attached hydrogens (tertiary/aromatic N) is 1. The zero-order valence-corrected chi connectivity index (χ0v) is 6.53. The predicted molar refractivity (Wildman–Crippen MR) is 42.8 cm³/mol. The third-order valence-electron chi connectivity index (χ3n) is 1.19. The van der Waals surface area contributed by atoms with Crippen LogP contribution in [0.1, 0.15) is 13.3 Å². The van der Waals surface area contributed by atoms with Gasteiger partial charge in [0.15, 0.2) is 0 Å². The van der Waals surface area contributed by atoms with Crippen LogP contribution >= 0.6 is 11.8 Å². The molecule has 0 spiro atoms. The van der Waals surface area contributed by atoms with Crippen LogP contribution in [0.4, 0.5) is 0 Å². The van der Waals surface area contributed by atoms with E-state index in [2.05, 4.69) is 12.2 Å². The van der Waals surface area contributed by atoms with Gasteiger partial charge in [0.2, 0.25) is 0 Å². The Bertz CT molecular complexity index is 222. The Labute approximate surface area is 64.6 Å². The molecule has 1 N–H and O–H groups in total. The molecule has 0 amide bonds. The van der Waals surface area contributed by atoms with Gasteiger partial charge >= 0.3 is 0 Å². The number of hydrogen-bond acceptors (Lipinski definition) is 3. The second-order valence-electron chi connectivity index (χ2n) is 1.88. The fraction of sp³-hybridized carbons (Fsp3) is 0.286. The number of thioether (sulfide) groups is 1. The van der Waals surface area contributed by atoms with E-state index in [4.69, 9.17) is 5.26 Å². The van der Waals surface area contributed by atoms with Gasteiger partial charge in [-0.2, -0.15) is 5.26 Å². The van der Waals surface area contributed by atoms with E-state index < -0.39 is 0 Å². The molecule has 0 fully saturated rings. The van der Waals surface area contributed by atoms with Crippen LogP contribution in [0.5, 0.6) is 0 Å². The number of nitriles is 1. The monoisotopic (exact) mass is 152 g/mol. The van der Waals surface area contributed by atoms with Crippen LogP contribution in [0.2, 0.25) is 0 Å². The summed E-state index contributed by atoms with van der Waals surface area (Å²) in [7, 11) is 0. The molecule has 1 aliphatic rings. The molecule has 1 heterocycles. The van der Waals surface area contributed by atoms with E-state index in [1.165, 1.54) is 11.8 Å². The average Bonchev–Trinajstić information content (AvgIpc) is 2.37. The smallest absolute Gasteiger partial charge is 0.0939 e. The fourth-order valence-electron chi connectivity index (χ4n) is 0.652. The Morgan fingerprint density at radius 3 is 3.20 bits per heavy atom. The van der Waals surface area contributed by atoms with Crippen molar-refractivity contribution in [1.82, 2.24) is 5.32 Å². The Kier molecular flexibility index (Phi) is 2.41. The quantitative estimate of drug-likeness (QED) is 0.583. The van der Waals surface area contributed by atoms with Crippen LogP contribution in [-0.4, -0.2) is 0 Å². The van der Waals surface area contributed by atoms with Crippen molar-refractivity contribution >= 4 is 11.8 Å². The lowest BCUT2D eigenvalue weighted by molar-refractivity contribution is 0.950. The van der Waals surface area contributed by atoms with E-state index in [9.17, 15) is 0 Å². The van der Waals surface area contributed by atoms with Crippen LogP contribution in [0.15, 0.2) is 22.2 Å². The summed E-state index contributed by atoms with van der Waals surface area (Å²) >= 11 is 1.57. The second-order valence-corrected chi connectivity index (χ2v) is 2.79. The Morgan fingerprint density at radius 1 is 1.90 bits per heavy atom. The van der Waals surface area contributed by atoms with Crippen molar-refractivity contribution in [3.8, 4) is 6.07 Å². The van der Waals surface area contributed by atoms with Gasteiger partial charge in [-0.25, -0.2) is 0 Å². The van der Waals surface area contributed by atoms with Crippen LogP contribution in [0.25, 0.3) is 0 Å². The molecule has 3 heteroatoms. The largest absolute Gasteiger partial charge is 0.352 e. The highest BCUT2D eigenvalue weighted by Crippen LogP contribution is 2.24. The summed E-state index contributed by atoms with van der Waals surface area (Å²) in [6, 6.07) is 1.98. The van der Waals surface area contributed by atoms with Crippen molar-refractivity contribution in [3.63, 3.8) is 0 Å². The minimum Gasteiger partial charge on any atom is -0.352 e. The van der Waals surface area contributed by atoms with Crippen molar-refractivity contribution in [1.29, 1.82) is 5.26 Å². The zero-order chi connectivity index (χ0) is 7.40. The fourth-order valence-corrected chi connectivity index (χ4v) is 1.46.